The summed E-state index contributed by atoms with van der Waals surface area (Å²) in [7, 11) is 0. The number of para-hydroxylation sites is 2. The molecular weight excluding hydrogens is 324 g/mol. The molecule has 2 amide bonds. The first-order valence-corrected chi connectivity index (χ1v) is 7.93. The minimum absolute atomic E-state index is 0.0424. The van der Waals surface area contributed by atoms with Gasteiger partial charge >= 0.3 is 0 Å². The summed E-state index contributed by atoms with van der Waals surface area (Å²) < 4.78 is 11.4. The van der Waals surface area contributed by atoms with Crippen LogP contribution in [-0.2, 0) is 17.8 Å². The second kappa shape index (κ2) is 6.04. The third kappa shape index (κ3) is 2.86. The molecule has 1 aromatic carbocycles. The van der Waals surface area contributed by atoms with Gasteiger partial charge in [0.1, 0.15) is 6.61 Å². The van der Waals surface area contributed by atoms with Crippen molar-refractivity contribution in [1.82, 2.24) is 14.9 Å². The number of benzene rings is 1. The molecule has 1 aromatic heterocycles. The third-order valence-electron chi connectivity index (χ3n) is 4.26. The molecule has 8 nitrogen and oxygen atoms in total. The lowest BCUT2D eigenvalue weighted by Crippen LogP contribution is -2.48. The van der Waals surface area contributed by atoms with E-state index in [1.54, 1.807) is 23.2 Å². The minimum atomic E-state index is -0.700. The number of amides is 2. The van der Waals surface area contributed by atoms with Gasteiger partial charge in [-0.05, 0) is 24.1 Å². The largest absolute Gasteiger partial charge is 0.485 e. The maximum Gasteiger partial charge on any atom is 0.286 e. The van der Waals surface area contributed by atoms with E-state index in [0.717, 1.165) is 5.56 Å². The Bertz CT molecular complexity index is 854. The number of fused-ring (bicyclic) bond motifs is 2. The molecule has 0 saturated heterocycles. The van der Waals surface area contributed by atoms with Crippen molar-refractivity contribution >= 4 is 11.8 Å². The van der Waals surface area contributed by atoms with Gasteiger partial charge in [-0.3, -0.25) is 9.59 Å². The Hall–Kier alpha value is -3.16. The molecule has 25 heavy (non-hydrogen) atoms. The van der Waals surface area contributed by atoms with Crippen molar-refractivity contribution in [3.63, 3.8) is 0 Å². The average Bonchev–Trinajstić information content (AvgIpc) is 2.66. The highest BCUT2D eigenvalue weighted by Crippen LogP contribution is 2.31. The first-order chi connectivity index (χ1) is 12.1. The topological polar surface area (TPSA) is 108 Å². The quantitative estimate of drug-likeness (QED) is 0.842. The maximum absolute atomic E-state index is 12.8. The van der Waals surface area contributed by atoms with Crippen LogP contribution >= 0.6 is 0 Å². The first kappa shape index (κ1) is 15.4. The van der Waals surface area contributed by atoms with Gasteiger partial charge in [0.15, 0.2) is 11.5 Å². The Morgan fingerprint density at radius 2 is 2.04 bits per heavy atom. The Labute approximate surface area is 143 Å². The Balaban J connectivity index is 1.51. The van der Waals surface area contributed by atoms with Gasteiger partial charge in [0.25, 0.3) is 11.8 Å². The van der Waals surface area contributed by atoms with Crippen molar-refractivity contribution in [2.75, 3.05) is 13.2 Å². The molecule has 0 radical (unpaired) electrons. The summed E-state index contributed by atoms with van der Waals surface area (Å²) >= 11 is 0. The summed E-state index contributed by atoms with van der Waals surface area (Å²) in [5.74, 6) is 0.294. The lowest BCUT2D eigenvalue weighted by atomic mass is 10.1. The summed E-state index contributed by atoms with van der Waals surface area (Å²) in [6.45, 7) is 0.987. The van der Waals surface area contributed by atoms with Crippen LogP contribution in [-0.4, -0.2) is 45.9 Å². The van der Waals surface area contributed by atoms with E-state index in [1.165, 1.54) is 0 Å². The van der Waals surface area contributed by atoms with Crippen LogP contribution in [0.3, 0.4) is 0 Å². The molecule has 1 unspecified atom stereocenters. The van der Waals surface area contributed by atoms with E-state index in [2.05, 4.69) is 9.97 Å². The van der Waals surface area contributed by atoms with Crippen LogP contribution in [0.4, 0.5) is 0 Å². The fourth-order valence-electron chi connectivity index (χ4n) is 2.95. The Morgan fingerprint density at radius 3 is 2.84 bits per heavy atom. The highest BCUT2D eigenvalue weighted by molar-refractivity contribution is 5.88. The highest BCUT2D eigenvalue weighted by Gasteiger charge is 2.33. The summed E-state index contributed by atoms with van der Waals surface area (Å²) in [5, 5.41) is 0. The lowest BCUT2D eigenvalue weighted by molar-refractivity contribution is -0.142. The monoisotopic (exact) mass is 340 g/mol. The van der Waals surface area contributed by atoms with Gasteiger partial charge in [-0.25, -0.2) is 9.97 Å². The predicted molar refractivity (Wildman–Crippen MR) is 86.0 cm³/mol. The van der Waals surface area contributed by atoms with E-state index in [4.69, 9.17) is 15.2 Å². The van der Waals surface area contributed by atoms with Crippen LogP contribution in [0.5, 0.6) is 11.5 Å². The van der Waals surface area contributed by atoms with Crippen LogP contribution in [0.25, 0.3) is 0 Å². The van der Waals surface area contributed by atoms with Crippen LogP contribution in [0.1, 0.15) is 21.9 Å². The van der Waals surface area contributed by atoms with Crippen LogP contribution in [0.15, 0.2) is 30.5 Å². The van der Waals surface area contributed by atoms with Crippen LogP contribution in [0, 0.1) is 0 Å². The number of nitrogens with two attached hydrogens (primary N) is 1. The molecule has 0 saturated carbocycles. The fraction of sp³-hybridized carbons (Fsp3) is 0.294. The second-order valence-corrected chi connectivity index (χ2v) is 5.90. The van der Waals surface area contributed by atoms with E-state index in [0.29, 0.717) is 36.7 Å². The average molecular weight is 340 g/mol. The molecule has 8 heteroatoms. The first-order valence-electron chi connectivity index (χ1n) is 7.93. The molecule has 2 aliphatic heterocycles. The molecule has 0 bridgehead atoms. The van der Waals surface area contributed by atoms with E-state index in [1.807, 2.05) is 12.1 Å². The van der Waals surface area contributed by atoms with E-state index in [-0.39, 0.29) is 18.3 Å². The standard InChI is InChI=1S/C17H16N4O4/c18-15(22)16-19-7-10-5-6-21(8-11(10)20-16)17(23)14-9-24-12-3-1-2-4-13(12)25-14/h1-4,7,14H,5-6,8-9H2,(H2,18,22). The smallest absolute Gasteiger partial charge is 0.286 e. The summed E-state index contributed by atoms with van der Waals surface area (Å²) in [5.41, 5.74) is 6.78. The highest BCUT2D eigenvalue weighted by atomic mass is 16.6. The molecule has 1 atom stereocenters. The number of hydrogen-bond donors (Lipinski definition) is 1. The van der Waals surface area contributed by atoms with Gasteiger partial charge < -0.3 is 20.1 Å². The minimum Gasteiger partial charge on any atom is -0.485 e. The molecule has 0 spiro atoms. The Morgan fingerprint density at radius 1 is 1.24 bits per heavy atom. The molecule has 128 valence electrons. The molecule has 3 heterocycles. The number of rotatable bonds is 2. The number of ether oxygens (including phenoxy) is 2. The molecule has 2 aliphatic rings. The number of nitrogens with zero attached hydrogens (tertiary/aromatic N) is 3. The number of aromatic nitrogens is 2. The zero-order valence-electron chi connectivity index (χ0n) is 13.3. The molecule has 2 N–H and O–H groups in total. The molecular formula is C17H16N4O4. The van der Waals surface area contributed by atoms with Gasteiger partial charge in [0.05, 0.1) is 12.2 Å². The van der Waals surface area contributed by atoms with Gasteiger partial charge in [0, 0.05) is 12.7 Å². The summed E-state index contributed by atoms with van der Waals surface area (Å²) in [6, 6.07) is 7.25. The summed E-state index contributed by atoms with van der Waals surface area (Å²) in [6.07, 6.45) is 1.51. The molecule has 2 aromatic rings. The molecule has 0 fully saturated rings. The fourth-order valence-corrected chi connectivity index (χ4v) is 2.95. The Kier molecular flexibility index (Phi) is 3.72. The van der Waals surface area contributed by atoms with E-state index in [9.17, 15) is 9.59 Å². The number of hydrogen-bond acceptors (Lipinski definition) is 6. The van der Waals surface area contributed by atoms with Crippen molar-refractivity contribution in [2.45, 2.75) is 19.1 Å². The van der Waals surface area contributed by atoms with Gasteiger partial charge in [-0.2, -0.15) is 0 Å². The maximum atomic E-state index is 12.8. The van der Waals surface area contributed by atoms with Gasteiger partial charge in [-0.15, -0.1) is 0 Å². The molecule has 4 rings (SSSR count). The second-order valence-electron chi connectivity index (χ2n) is 5.90. The third-order valence-corrected chi connectivity index (χ3v) is 4.26. The van der Waals surface area contributed by atoms with Gasteiger partial charge in [-0.1, -0.05) is 12.1 Å². The predicted octanol–water partition coefficient (Wildman–Crippen LogP) is 0.300. The van der Waals surface area contributed by atoms with Crippen LogP contribution < -0.4 is 15.2 Å². The SMILES string of the molecule is NC(=O)c1ncc2c(n1)CN(C(=O)C1COc3ccccc3O1)CC2. The summed E-state index contributed by atoms with van der Waals surface area (Å²) in [4.78, 5) is 33.8. The van der Waals surface area contributed by atoms with Crippen molar-refractivity contribution in [1.29, 1.82) is 0 Å². The normalized spacial score (nSPS) is 18.4. The number of carbonyl (C=O) groups excluding carboxylic acids is 2. The van der Waals surface area contributed by atoms with Crippen molar-refractivity contribution < 1.29 is 19.1 Å². The van der Waals surface area contributed by atoms with Crippen molar-refractivity contribution in [3.05, 3.63) is 47.5 Å². The number of primary amides is 1. The van der Waals surface area contributed by atoms with Crippen molar-refractivity contribution in [3.8, 4) is 11.5 Å². The van der Waals surface area contributed by atoms with E-state index >= 15 is 0 Å². The van der Waals surface area contributed by atoms with Crippen molar-refractivity contribution in [2.24, 2.45) is 5.73 Å². The lowest BCUT2D eigenvalue weighted by Gasteiger charge is -2.33. The van der Waals surface area contributed by atoms with Gasteiger partial charge in [0.2, 0.25) is 11.9 Å². The number of carbonyl (C=O) groups is 2. The zero-order chi connectivity index (χ0) is 17.4. The molecule has 0 aliphatic carbocycles. The zero-order valence-corrected chi connectivity index (χ0v) is 13.3. The van der Waals surface area contributed by atoms with E-state index < -0.39 is 12.0 Å². The van der Waals surface area contributed by atoms with Crippen LogP contribution in [0.2, 0.25) is 0 Å².